The van der Waals surface area contributed by atoms with Gasteiger partial charge in [-0.25, -0.2) is 0 Å². The fraction of sp³-hybridized carbons (Fsp3) is 1.00. The number of hydrogen-bond donors (Lipinski definition) is 0. The summed E-state index contributed by atoms with van der Waals surface area (Å²) in [5, 5.41) is 0. The van der Waals surface area contributed by atoms with E-state index in [0.717, 1.165) is 0 Å². The molecule has 0 aromatic carbocycles. The normalized spacial score (nSPS) is 12.4. The second kappa shape index (κ2) is 8.05. The Kier molecular flexibility index (Phi) is 7.96. The highest BCUT2D eigenvalue weighted by Gasteiger charge is 2.34. The summed E-state index contributed by atoms with van der Waals surface area (Å²) in [5.74, 6) is -1.05. The molecule has 0 radical (unpaired) electrons. The summed E-state index contributed by atoms with van der Waals surface area (Å²) in [4.78, 5) is 0. The summed E-state index contributed by atoms with van der Waals surface area (Å²) < 4.78 is 22.0. The van der Waals surface area contributed by atoms with Crippen molar-refractivity contribution in [2.75, 3.05) is 26.4 Å². The van der Waals surface area contributed by atoms with Crippen LogP contribution in [0.25, 0.3) is 0 Å². The average molecular weight is 220 g/mol. The first kappa shape index (κ1) is 14.8. The lowest BCUT2D eigenvalue weighted by atomic mass is 10.4. The fourth-order valence-electron chi connectivity index (χ4n) is 1.25. The molecule has 0 amide bonds. The fourth-order valence-corrected chi connectivity index (χ4v) is 1.25. The van der Waals surface area contributed by atoms with E-state index in [1.54, 1.807) is 0 Å². The van der Waals surface area contributed by atoms with Crippen molar-refractivity contribution in [3.63, 3.8) is 0 Å². The molecule has 0 saturated heterocycles. The molecule has 15 heavy (non-hydrogen) atoms. The summed E-state index contributed by atoms with van der Waals surface area (Å²) in [6, 6.07) is 0. The van der Waals surface area contributed by atoms with Crippen molar-refractivity contribution in [1.82, 2.24) is 0 Å². The maximum Gasteiger partial charge on any atom is 0.308 e. The standard InChI is InChI=1S/C11H24O4/c1-6-12-9-11(13-7-2,14-8-3)15-10(4)5/h10H,6-9H2,1-5H3. The molecule has 0 bridgehead atoms. The Morgan fingerprint density at radius 2 is 1.47 bits per heavy atom. The van der Waals surface area contributed by atoms with Crippen molar-refractivity contribution >= 4 is 0 Å². The first-order chi connectivity index (χ1) is 7.10. The zero-order valence-corrected chi connectivity index (χ0v) is 10.5. The van der Waals surface area contributed by atoms with Crippen LogP contribution in [-0.2, 0) is 18.9 Å². The molecule has 0 rings (SSSR count). The number of rotatable bonds is 9. The summed E-state index contributed by atoms with van der Waals surface area (Å²) in [5.41, 5.74) is 0. The van der Waals surface area contributed by atoms with E-state index in [0.29, 0.717) is 26.4 Å². The van der Waals surface area contributed by atoms with Gasteiger partial charge in [0, 0.05) is 19.8 Å². The minimum atomic E-state index is -1.05. The van der Waals surface area contributed by atoms with Crippen molar-refractivity contribution in [3.8, 4) is 0 Å². The van der Waals surface area contributed by atoms with Crippen LogP contribution in [0.5, 0.6) is 0 Å². The summed E-state index contributed by atoms with van der Waals surface area (Å²) in [6.07, 6.45) is 0.0311. The van der Waals surface area contributed by atoms with Gasteiger partial charge in [-0.3, -0.25) is 0 Å². The van der Waals surface area contributed by atoms with Crippen molar-refractivity contribution in [1.29, 1.82) is 0 Å². The van der Waals surface area contributed by atoms with E-state index in [-0.39, 0.29) is 6.10 Å². The lowest BCUT2D eigenvalue weighted by molar-refractivity contribution is -0.401. The second-order valence-electron chi connectivity index (χ2n) is 3.35. The summed E-state index contributed by atoms with van der Waals surface area (Å²) >= 11 is 0. The Morgan fingerprint density at radius 1 is 0.933 bits per heavy atom. The smallest absolute Gasteiger partial charge is 0.308 e. The van der Waals surface area contributed by atoms with Crippen LogP contribution in [0.2, 0.25) is 0 Å². The zero-order valence-electron chi connectivity index (χ0n) is 10.5. The minimum Gasteiger partial charge on any atom is -0.373 e. The molecular weight excluding hydrogens is 196 g/mol. The van der Waals surface area contributed by atoms with Crippen LogP contribution >= 0.6 is 0 Å². The minimum absolute atomic E-state index is 0.0311. The topological polar surface area (TPSA) is 36.9 Å². The molecule has 0 unspecified atom stereocenters. The van der Waals surface area contributed by atoms with Gasteiger partial charge < -0.3 is 18.9 Å². The Balaban J connectivity index is 4.40. The third-order valence-electron chi connectivity index (χ3n) is 1.63. The van der Waals surface area contributed by atoms with Crippen molar-refractivity contribution in [2.45, 2.75) is 46.7 Å². The van der Waals surface area contributed by atoms with Crippen molar-refractivity contribution in [2.24, 2.45) is 0 Å². The molecule has 0 aliphatic carbocycles. The predicted molar refractivity (Wildman–Crippen MR) is 58.7 cm³/mol. The molecule has 0 aliphatic heterocycles. The largest absolute Gasteiger partial charge is 0.373 e. The predicted octanol–water partition coefficient (Wildman–Crippen LogP) is 2.17. The molecule has 0 aromatic rings. The Bertz CT molecular complexity index is 142. The van der Waals surface area contributed by atoms with Gasteiger partial charge in [0.2, 0.25) is 0 Å². The SMILES string of the molecule is CCOCC(OCC)(OCC)OC(C)C. The van der Waals surface area contributed by atoms with Gasteiger partial charge in [0.15, 0.2) is 0 Å². The molecule has 0 heterocycles. The first-order valence-corrected chi connectivity index (χ1v) is 5.63. The summed E-state index contributed by atoms with van der Waals surface area (Å²) in [7, 11) is 0. The van der Waals surface area contributed by atoms with Gasteiger partial charge >= 0.3 is 5.97 Å². The Hall–Kier alpha value is -0.160. The molecule has 4 heteroatoms. The molecule has 0 N–H and O–H groups in total. The molecular formula is C11H24O4. The molecule has 0 aliphatic rings. The highest BCUT2D eigenvalue weighted by molar-refractivity contribution is 4.58. The number of ether oxygens (including phenoxy) is 4. The summed E-state index contributed by atoms with van der Waals surface area (Å²) in [6.45, 7) is 11.6. The van der Waals surface area contributed by atoms with Crippen molar-refractivity contribution in [3.05, 3.63) is 0 Å². The van der Waals surface area contributed by atoms with Crippen molar-refractivity contribution < 1.29 is 18.9 Å². The highest BCUT2D eigenvalue weighted by atomic mass is 16.9. The Morgan fingerprint density at radius 3 is 1.80 bits per heavy atom. The van der Waals surface area contributed by atoms with Crippen LogP contribution in [0.4, 0.5) is 0 Å². The second-order valence-corrected chi connectivity index (χ2v) is 3.35. The Labute approximate surface area is 92.8 Å². The van der Waals surface area contributed by atoms with E-state index < -0.39 is 5.97 Å². The lowest BCUT2D eigenvalue weighted by Gasteiger charge is -2.33. The van der Waals surface area contributed by atoms with E-state index >= 15 is 0 Å². The third kappa shape index (κ3) is 6.10. The van der Waals surface area contributed by atoms with Crippen LogP contribution in [-0.4, -0.2) is 38.5 Å². The third-order valence-corrected chi connectivity index (χ3v) is 1.63. The molecule has 0 fully saturated rings. The van der Waals surface area contributed by atoms with Gasteiger partial charge in [0.05, 0.1) is 6.10 Å². The van der Waals surface area contributed by atoms with Gasteiger partial charge in [0.25, 0.3) is 0 Å². The van der Waals surface area contributed by atoms with Crippen LogP contribution in [0.3, 0.4) is 0 Å². The maximum absolute atomic E-state index is 5.65. The van der Waals surface area contributed by atoms with E-state index in [1.165, 1.54) is 0 Å². The molecule has 0 aromatic heterocycles. The van der Waals surface area contributed by atoms with Crippen LogP contribution in [0.1, 0.15) is 34.6 Å². The zero-order chi connectivity index (χ0) is 11.7. The van der Waals surface area contributed by atoms with Crippen LogP contribution in [0, 0.1) is 0 Å². The van der Waals surface area contributed by atoms with Gasteiger partial charge in [-0.2, -0.15) is 0 Å². The average Bonchev–Trinajstić information content (AvgIpc) is 2.14. The van der Waals surface area contributed by atoms with E-state index in [2.05, 4.69) is 0 Å². The molecule has 4 nitrogen and oxygen atoms in total. The van der Waals surface area contributed by atoms with E-state index in [9.17, 15) is 0 Å². The van der Waals surface area contributed by atoms with Gasteiger partial charge in [-0.15, -0.1) is 0 Å². The maximum atomic E-state index is 5.65. The van der Waals surface area contributed by atoms with Gasteiger partial charge in [-0.1, -0.05) is 0 Å². The molecule has 0 atom stereocenters. The van der Waals surface area contributed by atoms with Gasteiger partial charge in [-0.05, 0) is 34.6 Å². The molecule has 0 spiro atoms. The van der Waals surface area contributed by atoms with Gasteiger partial charge in [0.1, 0.15) is 6.61 Å². The quantitative estimate of drug-likeness (QED) is 0.558. The lowest BCUT2D eigenvalue weighted by Crippen LogP contribution is -2.45. The first-order valence-electron chi connectivity index (χ1n) is 5.63. The monoisotopic (exact) mass is 220 g/mol. The molecule has 0 saturated carbocycles. The highest BCUT2D eigenvalue weighted by Crippen LogP contribution is 2.18. The number of hydrogen-bond acceptors (Lipinski definition) is 4. The van der Waals surface area contributed by atoms with E-state index in [1.807, 2.05) is 34.6 Å². The van der Waals surface area contributed by atoms with Crippen LogP contribution < -0.4 is 0 Å². The van der Waals surface area contributed by atoms with Crippen LogP contribution in [0.15, 0.2) is 0 Å². The molecule has 92 valence electrons. The van der Waals surface area contributed by atoms with E-state index in [4.69, 9.17) is 18.9 Å².